The molecule has 0 aliphatic carbocycles. The van der Waals surface area contributed by atoms with Gasteiger partial charge in [-0.3, -0.25) is 0 Å². The smallest absolute Gasteiger partial charge is 0.413 e. The second kappa shape index (κ2) is 20.1. The normalized spacial score (nSPS) is 11.3. The molecule has 7 aromatic carbocycles. The fourth-order valence-electron chi connectivity index (χ4n) is 8.04. The SMILES string of the molecule is Fc1cc(F)cc([PH+](c2cc(F)cc(F)c2)c2ccccc2[PH+](c2cc(F)cc(F)c2)c2cc(F)cc(F)c2)c1.[Cu+].c1ccc([B-](c2ccccc2)(n2cccn2)n2cccn2)cc1. The van der Waals surface area contributed by atoms with Crippen molar-refractivity contribution >= 4 is 65.0 Å². The number of halogens is 8. The molecule has 64 heavy (non-hydrogen) atoms. The topological polar surface area (TPSA) is 35.6 Å². The molecule has 0 aliphatic heterocycles. The van der Waals surface area contributed by atoms with Crippen LogP contribution in [0, 0.1) is 46.5 Å². The molecule has 16 heteroatoms. The van der Waals surface area contributed by atoms with Crippen molar-refractivity contribution < 1.29 is 52.2 Å². The van der Waals surface area contributed by atoms with E-state index in [9.17, 15) is 35.1 Å². The first-order valence-electron chi connectivity index (χ1n) is 19.4. The Kier molecular flexibility index (Phi) is 14.4. The predicted octanol–water partition coefficient (Wildman–Crippen LogP) is 7.51. The molecule has 0 saturated carbocycles. The van der Waals surface area contributed by atoms with Crippen molar-refractivity contribution in [3.05, 3.63) is 241 Å². The van der Waals surface area contributed by atoms with Crippen molar-refractivity contribution in [2.45, 2.75) is 0 Å². The van der Waals surface area contributed by atoms with E-state index in [0.717, 1.165) is 59.5 Å². The van der Waals surface area contributed by atoms with E-state index in [0.29, 0.717) is 34.9 Å². The van der Waals surface area contributed by atoms with Crippen LogP contribution >= 0.6 is 15.8 Å². The number of rotatable bonds is 10. The zero-order chi connectivity index (χ0) is 44.1. The average Bonchev–Trinajstić information content (AvgIpc) is 3.99. The van der Waals surface area contributed by atoms with Crippen molar-refractivity contribution in [2.24, 2.45) is 0 Å². The summed E-state index contributed by atoms with van der Waals surface area (Å²) in [5.41, 5.74) is 2.32. The van der Waals surface area contributed by atoms with Crippen LogP contribution in [0.15, 0.2) is 195 Å². The molecular weight excluding hydrogens is 921 g/mol. The molecule has 9 rings (SSSR count). The molecule has 2 heterocycles. The van der Waals surface area contributed by atoms with Crippen molar-refractivity contribution in [3.63, 3.8) is 0 Å². The number of nitrogens with zero attached hydrogens (tertiary/aromatic N) is 4. The molecule has 0 atom stereocenters. The van der Waals surface area contributed by atoms with Crippen LogP contribution in [0.5, 0.6) is 0 Å². The maximum atomic E-state index is 14.4. The van der Waals surface area contributed by atoms with E-state index in [-0.39, 0.29) is 38.3 Å². The summed E-state index contributed by atoms with van der Waals surface area (Å²) in [6.07, 6.45) is 6.10. The van der Waals surface area contributed by atoms with Gasteiger partial charge in [0.25, 0.3) is 6.42 Å². The maximum absolute atomic E-state index is 14.4. The van der Waals surface area contributed by atoms with E-state index < -0.39 is 68.8 Å². The van der Waals surface area contributed by atoms with Crippen LogP contribution in [-0.4, -0.2) is 25.8 Å². The van der Waals surface area contributed by atoms with E-state index in [1.807, 2.05) is 58.2 Å². The molecule has 2 aromatic heterocycles. The Balaban J connectivity index is 0.000000216. The van der Waals surface area contributed by atoms with E-state index in [2.05, 4.69) is 58.7 Å². The summed E-state index contributed by atoms with van der Waals surface area (Å²) in [5, 5.41) is 10.3. The summed E-state index contributed by atoms with van der Waals surface area (Å²) >= 11 is 0. The Morgan fingerprint density at radius 3 is 0.859 bits per heavy atom. The molecule has 0 aliphatic rings. The molecule has 4 nitrogen and oxygen atoms in total. The van der Waals surface area contributed by atoms with Crippen LogP contribution in [-0.2, 0) is 17.1 Å². The van der Waals surface area contributed by atoms with Crippen LogP contribution in [0.4, 0.5) is 35.1 Å². The van der Waals surface area contributed by atoms with Gasteiger partial charge in [0.1, 0.15) is 94.2 Å². The fourth-order valence-corrected chi connectivity index (χ4v) is 14.2. The Morgan fingerprint density at radius 2 is 0.609 bits per heavy atom. The van der Waals surface area contributed by atoms with Crippen molar-refractivity contribution in [3.8, 4) is 0 Å². The monoisotopic (exact) mass is 954 g/mol. The number of hydrogen-bond donors (Lipinski definition) is 0. The van der Waals surface area contributed by atoms with Gasteiger partial charge in [-0.15, -0.1) is 0 Å². The van der Waals surface area contributed by atoms with Crippen LogP contribution in [0.25, 0.3) is 0 Å². The summed E-state index contributed by atoms with van der Waals surface area (Å²) in [7, 11) is -5.21. The quantitative estimate of drug-likeness (QED) is 0.0810. The Hall–Kier alpha value is -6.16. The van der Waals surface area contributed by atoms with Crippen LogP contribution < -0.4 is 42.8 Å². The van der Waals surface area contributed by atoms with Crippen molar-refractivity contribution in [2.75, 3.05) is 0 Å². The molecule has 0 spiro atoms. The van der Waals surface area contributed by atoms with Crippen molar-refractivity contribution in [1.82, 2.24) is 19.4 Å². The summed E-state index contributed by atoms with van der Waals surface area (Å²) in [5.74, 6) is -7.36. The van der Waals surface area contributed by atoms with Gasteiger partial charge in [0.2, 0.25) is 0 Å². The average molecular weight is 955 g/mol. The van der Waals surface area contributed by atoms with E-state index in [1.165, 1.54) is 0 Å². The molecule has 0 unspecified atom stereocenters. The van der Waals surface area contributed by atoms with E-state index in [1.54, 1.807) is 24.3 Å². The Bertz CT molecular complexity index is 2600. The molecule has 0 saturated heterocycles. The standard InChI is InChI=1S/C30H16F8P2.C18H16BN4.Cu/c31-17-5-18(32)10-25(9-17)39(26-11-19(33)6-20(34)12-26)29-3-1-2-4-30(29)40(27-13-21(35)7-22(36)14-27)28-15-23(37)8-24(38)16-28;1-3-9-17(10-4-1)19(22-15-7-13-20-22,23-16-8-14-21-23)18-11-5-2-6-12-18;/h1-16H;1-16H;/q;-1;+1/p+2. The maximum Gasteiger partial charge on any atom is 1.00 e. The van der Waals surface area contributed by atoms with Gasteiger partial charge in [-0.25, -0.2) is 45.3 Å². The van der Waals surface area contributed by atoms with Crippen LogP contribution in [0.3, 0.4) is 0 Å². The molecule has 0 radical (unpaired) electrons. The number of hydrogen-bond acceptors (Lipinski definition) is 2. The van der Waals surface area contributed by atoms with Gasteiger partial charge in [-0.1, -0.05) is 72.8 Å². The number of benzene rings is 7. The molecule has 0 bridgehead atoms. The first-order chi connectivity index (χ1) is 30.5. The minimum atomic E-state index is -2.60. The third kappa shape index (κ3) is 9.81. The van der Waals surface area contributed by atoms with Crippen molar-refractivity contribution in [1.29, 1.82) is 0 Å². The molecule has 0 fully saturated rings. The van der Waals surface area contributed by atoms with Gasteiger partial charge < -0.3 is 9.19 Å². The third-order valence-corrected chi connectivity index (χ3v) is 16.1. The molecule has 324 valence electrons. The molecular formula is C48H34BCuF8N4P2+2. The van der Waals surface area contributed by atoms with Gasteiger partial charge in [-0.05, 0) is 36.7 Å². The summed E-state index contributed by atoms with van der Waals surface area (Å²) < 4.78 is 119. The first-order valence-corrected chi connectivity index (χ1v) is 22.4. The van der Waals surface area contributed by atoms with Gasteiger partial charge >= 0.3 is 17.1 Å². The third-order valence-electron chi connectivity index (χ3n) is 10.4. The summed E-state index contributed by atoms with van der Waals surface area (Å²) in [6, 6.07) is 42.1. The van der Waals surface area contributed by atoms with Gasteiger partial charge in [0, 0.05) is 85.2 Å². The molecule has 0 amide bonds. The van der Waals surface area contributed by atoms with Gasteiger partial charge in [0.05, 0.1) is 0 Å². The van der Waals surface area contributed by atoms with Gasteiger partial charge in [0.15, 0.2) is 0 Å². The molecule has 9 aromatic rings. The molecule has 0 N–H and O–H groups in total. The largest absolute Gasteiger partial charge is 1.00 e. The zero-order valence-corrected chi connectivity index (χ0v) is 36.1. The van der Waals surface area contributed by atoms with E-state index in [4.69, 9.17) is 0 Å². The first kappa shape index (κ1) is 45.9. The van der Waals surface area contributed by atoms with Crippen LogP contribution in [0.2, 0.25) is 0 Å². The Morgan fingerprint density at radius 1 is 0.344 bits per heavy atom. The zero-order valence-electron chi connectivity index (χ0n) is 33.2. The number of aromatic nitrogens is 4. The van der Waals surface area contributed by atoms with E-state index >= 15 is 0 Å². The minimum Gasteiger partial charge on any atom is -0.413 e. The summed E-state index contributed by atoms with van der Waals surface area (Å²) in [6.45, 7) is 0. The van der Waals surface area contributed by atoms with Crippen LogP contribution in [0.1, 0.15) is 0 Å². The summed E-state index contributed by atoms with van der Waals surface area (Å²) in [4.78, 5) is 0. The minimum absolute atomic E-state index is 0. The second-order valence-electron chi connectivity index (χ2n) is 14.5. The fraction of sp³-hybridized carbons (Fsp3) is 0. The van der Waals surface area contributed by atoms with Gasteiger partial charge in [-0.2, -0.15) is 10.9 Å². The predicted molar refractivity (Wildman–Crippen MR) is 239 cm³/mol. The second-order valence-corrected chi connectivity index (χ2v) is 19.4. The Labute approximate surface area is 376 Å².